The van der Waals surface area contributed by atoms with Gasteiger partial charge >= 0.3 is 5.97 Å². The number of hydrogen-bond acceptors (Lipinski definition) is 3. The second-order valence-electron chi connectivity index (χ2n) is 5.49. The highest BCUT2D eigenvalue weighted by molar-refractivity contribution is 6.17. The number of ether oxygens (including phenoxy) is 1. The molecule has 20 heavy (non-hydrogen) atoms. The van der Waals surface area contributed by atoms with Crippen LogP contribution in [0.15, 0.2) is 24.3 Å². The molecular weight excluding hydrogens is 278 g/mol. The van der Waals surface area contributed by atoms with Crippen LogP contribution in [0.2, 0.25) is 0 Å². The van der Waals surface area contributed by atoms with E-state index in [0.29, 0.717) is 5.88 Å². The largest absolute Gasteiger partial charge is 0.459 e. The van der Waals surface area contributed by atoms with Gasteiger partial charge in [0.1, 0.15) is 12.1 Å². The van der Waals surface area contributed by atoms with Gasteiger partial charge in [-0.3, -0.25) is 9.59 Å². The molecule has 0 aliphatic heterocycles. The maximum atomic E-state index is 11.7. The van der Waals surface area contributed by atoms with Crippen molar-refractivity contribution in [2.75, 3.05) is 6.54 Å². The molecule has 0 aliphatic rings. The van der Waals surface area contributed by atoms with Crippen LogP contribution in [0.5, 0.6) is 0 Å². The third-order valence-electron chi connectivity index (χ3n) is 2.39. The molecule has 0 bridgehead atoms. The Hall–Kier alpha value is -1.55. The van der Waals surface area contributed by atoms with Crippen molar-refractivity contribution in [3.8, 4) is 0 Å². The quantitative estimate of drug-likeness (QED) is 0.671. The molecule has 1 aromatic carbocycles. The first-order chi connectivity index (χ1) is 9.30. The number of hydrogen-bond donors (Lipinski definition) is 1. The summed E-state index contributed by atoms with van der Waals surface area (Å²) in [5.74, 6) is -0.205. The second kappa shape index (κ2) is 7.29. The molecule has 5 heteroatoms. The number of alkyl halides is 1. The van der Waals surface area contributed by atoms with Gasteiger partial charge in [-0.2, -0.15) is 0 Å². The summed E-state index contributed by atoms with van der Waals surface area (Å²) in [7, 11) is 0. The van der Waals surface area contributed by atoms with Gasteiger partial charge in [-0.1, -0.05) is 24.3 Å². The third kappa shape index (κ3) is 6.57. The number of esters is 1. The van der Waals surface area contributed by atoms with Crippen LogP contribution in [0, 0.1) is 0 Å². The third-order valence-corrected chi connectivity index (χ3v) is 2.70. The number of nitrogens with one attached hydrogen (secondary N) is 1. The fourth-order valence-corrected chi connectivity index (χ4v) is 1.72. The maximum absolute atomic E-state index is 11.7. The van der Waals surface area contributed by atoms with Crippen LogP contribution >= 0.6 is 11.6 Å². The summed E-state index contributed by atoms with van der Waals surface area (Å²) in [5.41, 5.74) is 1.34. The van der Waals surface area contributed by atoms with E-state index in [1.54, 1.807) is 20.8 Å². The predicted octanol–water partition coefficient (Wildman–Crippen LogP) is 2.43. The molecule has 0 atom stereocenters. The van der Waals surface area contributed by atoms with Gasteiger partial charge in [0, 0.05) is 5.88 Å². The Labute approximate surface area is 124 Å². The van der Waals surface area contributed by atoms with Crippen LogP contribution < -0.4 is 5.32 Å². The summed E-state index contributed by atoms with van der Waals surface area (Å²) in [6.07, 6.45) is 0.228. The second-order valence-corrected chi connectivity index (χ2v) is 5.76. The molecule has 1 aromatic rings. The van der Waals surface area contributed by atoms with Crippen molar-refractivity contribution in [3.63, 3.8) is 0 Å². The molecular formula is C15H20ClNO3. The van der Waals surface area contributed by atoms with E-state index in [4.69, 9.17) is 16.3 Å². The van der Waals surface area contributed by atoms with E-state index >= 15 is 0 Å². The van der Waals surface area contributed by atoms with Crippen molar-refractivity contribution < 1.29 is 14.3 Å². The van der Waals surface area contributed by atoms with Gasteiger partial charge in [-0.25, -0.2) is 0 Å². The summed E-state index contributed by atoms with van der Waals surface area (Å²) in [6, 6.07) is 7.46. The Morgan fingerprint density at radius 1 is 1.15 bits per heavy atom. The van der Waals surface area contributed by atoms with Crippen molar-refractivity contribution >= 4 is 23.5 Å². The molecule has 0 saturated carbocycles. The lowest BCUT2D eigenvalue weighted by Gasteiger charge is -2.19. The van der Waals surface area contributed by atoms with Gasteiger partial charge in [0.05, 0.1) is 6.42 Å². The molecule has 0 heterocycles. The SMILES string of the molecule is CC(C)(C)OC(=O)CNC(=O)Cc1ccc(CCl)cc1. The summed E-state index contributed by atoms with van der Waals surface area (Å²) in [6.45, 7) is 5.23. The van der Waals surface area contributed by atoms with E-state index in [1.807, 2.05) is 24.3 Å². The zero-order valence-corrected chi connectivity index (χ0v) is 12.8. The Morgan fingerprint density at radius 2 is 1.70 bits per heavy atom. The average molecular weight is 298 g/mol. The van der Waals surface area contributed by atoms with Crippen molar-refractivity contribution in [2.45, 2.75) is 38.7 Å². The molecule has 0 unspecified atom stereocenters. The minimum absolute atomic E-state index is 0.115. The van der Waals surface area contributed by atoms with Crippen molar-refractivity contribution in [1.29, 1.82) is 0 Å². The Kier molecular flexibility index (Phi) is 6.02. The average Bonchev–Trinajstić information content (AvgIpc) is 2.35. The highest BCUT2D eigenvalue weighted by atomic mass is 35.5. The first-order valence-corrected chi connectivity index (χ1v) is 6.96. The highest BCUT2D eigenvalue weighted by Gasteiger charge is 2.16. The monoisotopic (exact) mass is 297 g/mol. The molecule has 1 amide bonds. The lowest BCUT2D eigenvalue weighted by molar-refractivity contribution is -0.154. The number of rotatable bonds is 5. The Morgan fingerprint density at radius 3 is 2.20 bits per heavy atom. The van der Waals surface area contributed by atoms with Crippen molar-refractivity contribution in [3.05, 3.63) is 35.4 Å². The van der Waals surface area contributed by atoms with Gasteiger partial charge < -0.3 is 10.1 Å². The number of carbonyl (C=O) groups excluding carboxylic acids is 2. The smallest absolute Gasteiger partial charge is 0.325 e. The fourth-order valence-electron chi connectivity index (χ4n) is 1.54. The first kappa shape index (κ1) is 16.5. The number of benzene rings is 1. The molecule has 4 nitrogen and oxygen atoms in total. The Bertz CT molecular complexity index is 463. The van der Waals surface area contributed by atoms with Crippen LogP contribution in [0.25, 0.3) is 0 Å². The topological polar surface area (TPSA) is 55.4 Å². The first-order valence-electron chi connectivity index (χ1n) is 6.42. The summed E-state index contributed by atoms with van der Waals surface area (Å²) in [4.78, 5) is 23.1. The molecule has 0 fully saturated rings. The highest BCUT2D eigenvalue weighted by Crippen LogP contribution is 2.08. The standard InChI is InChI=1S/C15H20ClNO3/c1-15(2,3)20-14(19)10-17-13(18)8-11-4-6-12(9-16)7-5-11/h4-7H,8-10H2,1-3H3,(H,17,18). The lowest BCUT2D eigenvalue weighted by Crippen LogP contribution is -2.35. The van der Waals surface area contributed by atoms with Crippen LogP contribution in [0.1, 0.15) is 31.9 Å². The molecule has 110 valence electrons. The molecule has 0 aromatic heterocycles. The Balaban J connectivity index is 2.38. The lowest BCUT2D eigenvalue weighted by atomic mass is 10.1. The number of halogens is 1. The predicted molar refractivity (Wildman–Crippen MR) is 78.6 cm³/mol. The molecule has 1 rings (SSSR count). The minimum atomic E-state index is -0.542. The van der Waals surface area contributed by atoms with Crippen LogP contribution in [-0.2, 0) is 26.6 Å². The maximum Gasteiger partial charge on any atom is 0.325 e. The zero-order chi connectivity index (χ0) is 15.2. The van der Waals surface area contributed by atoms with Crippen LogP contribution in [0.4, 0.5) is 0 Å². The normalized spacial score (nSPS) is 11.0. The van der Waals surface area contributed by atoms with E-state index in [9.17, 15) is 9.59 Å². The number of amides is 1. The van der Waals surface area contributed by atoms with Crippen LogP contribution in [-0.4, -0.2) is 24.0 Å². The van der Waals surface area contributed by atoms with E-state index in [0.717, 1.165) is 11.1 Å². The molecule has 0 saturated heterocycles. The number of carbonyl (C=O) groups is 2. The van der Waals surface area contributed by atoms with Crippen molar-refractivity contribution in [2.24, 2.45) is 0 Å². The van der Waals surface area contributed by atoms with E-state index in [2.05, 4.69) is 5.32 Å². The van der Waals surface area contributed by atoms with E-state index in [1.165, 1.54) is 0 Å². The summed E-state index contributed by atoms with van der Waals surface area (Å²) in [5, 5.41) is 2.54. The van der Waals surface area contributed by atoms with Crippen LogP contribution in [0.3, 0.4) is 0 Å². The van der Waals surface area contributed by atoms with Gasteiger partial charge in [0.15, 0.2) is 0 Å². The van der Waals surface area contributed by atoms with Gasteiger partial charge in [0.25, 0.3) is 0 Å². The minimum Gasteiger partial charge on any atom is -0.459 e. The van der Waals surface area contributed by atoms with Crippen molar-refractivity contribution in [1.82, 2.24) is 5.32 Å². The molecule has 0 aliphatic carbocycles. The molecule has 1 N–H and O–H groups in total. The molecule has 0 radical (unpaired) electrons. The van der Waals surface area contributed by atoms with E-state index in [-0.39, 0.29) is 18.9 Å². The fraction of sp³-hybridized carbons (Fsp3) is 0.467. The van der Waals surface area contributed by atoms with Gasteiger partial charge in [0.2, 0.25) is 5.91 Å². The zero-order valence-electron chi connectivity index (χ0n) is 12.0. The molecule has 0 spiro atoms. The summed E-state index contributed by atoms with van der Waals surface area (Å²) < 4.78 is 5.10. The van der Waals surface area contributed by atoms with Gasteiger partial charge in [-0.05, 0) is 31.9 Å². The van der Waals surface area contributed by atoms with Gasteiger partial charge in [-0.15, -0.1) is 11.6 Å². The van der Waals surface area contributed by atoms with E-state index < -0.39 is 11.6 Å². The summed E-state index contributed by atoms with van der Waals surface area (Å²) >= 11 is 5.69.